The SMILES string of the molecule is CC(C)(C)[S@@](=O)N[C@@H](c1ccccc1P(c1ccccc1)c1ccccc1)c1cccc2ccccc12. The van der Waals surface area contributed by atoms with Gasteiger partial charge in [-0.2, -0.15) is 0 Å². The second kappa shape index (κ2) is 11.1. The summed E-state index contributed by atoms with van der Waals surface area (Å²) in [5.74, 6) is 0. The highest BCUT2D eigenvalue weighted by Crippen LogP contribution is 2.38. The van der Waals surface area contributed by atoms with Crippen LogP contribution in [0.2, 0.25) is 0 Å². The number of fused-ring (bicyclic) bond motifs is 1. The molecule has 5 aromatic carbocycles. The molecule has 0 heterocycles. The molecule has 0 amide bonds. The molecule has 0 unspecified atom stereocenters. The fourth-order valence-electron chi connectivity index (χ4n) is 4.60. The standard InChI is InChI=1S/C33H32NOPS/c1-33(2,3)37(35)34-32(29-23-14-16-25-15-10-11-21-28(25)29)30-22-12-13-24-31(30)36(26-17-6-4-7-18-26)27-19-8-5-9-20-27/h4-24,32,34H,1-3H3/t32-,37-/m1/s1. The summed E-state index contributed by atoms with van der Waals surface area (Å²) in [5, 5.41) is 6.21. The maximum atomic E-state index is 13.6. The van der Waals surface area contributed by atoms with E-state index in [9.17, 15) is 4.21 Å². The van der Waals surface area contributed by atoms with Gasteiger partial charge in [0.05, 0.1) is 21.8 Å². The van der Waals surface area contributed by atoms with E-state index in [4.69, 9.17) is 0 Å². The van der Waals surface area contributed by atoms with E-state index in [1.54, 1.807) is 0 Å². The highest BCUT2D eigenvalue weighted by atomic mass is 32.2. The first kappa shape index (κ1) is 25.5. The maximum Gasteiger partial charge on any atom is 0.0979 e. The van der Waals surface area contributed by atoms with Gasteiger partial charge in [0, 0.05) is 0 Å². The normalized spacial score (nSPS) is 13.5. The molecule has 0 saturated carbocycles. The van der Waals surface area contributed by atoms with Crippen LogP contribution in [0.4, 0.5) is 0 Å². The zero-order chi connectivity index (χ0) is 25.8. The predicted molar refractivity (Wildman–Crippen MR) is 162 cm³/mol. The number of rotatable bonds is 7. The summed E-state index contributed by atoms with van der Waals surface area (Å²) in [7, 11) is -2.09. The second-order valence-electron chi connectivity index (χ2n) is 10.1. The van der Waals surface area contributed by atoms with Gasteiger partial charge in [0.15, 0.2) is 0 Å². The van der Waals surface area contributed by atoms with Gasteiger partial charge in [0.1, 0.15) is 0 Å². The summed E-state index contributed by atoms with van der Waals surface area (Å²) in [5.41, 5.74) is 2.30. The fourth-order valence-corrected chi connectivity index (χ4v) is 7.91. The van der Waals surface area contributed by atoms with Gasteiger partial charge < -0.3 is 0 Å². The van der Waals surface area contributed by atoms with Crippen molar-refractivity contribution in [3.05, 3.63) is 139 Å². The average Bonchev–Trinajstić information content (AvgIpc) is 2.93. The van der Waals surface area contributed by atoms with Crippen molar-refractivity contribution < 1.29 is 4.21 Å². The van der Waals surface area contributed by atoms with Gasteiger partial charge in [-0.25, -0.2) is 8.93 Å². The van der Waals surface area contributed by atoms with E-state index < -0.39 is 23.7 Å². The largest absolute Gasteiger partial charge is 0.242 e. The summed E-state index contributed by atoms with van der Waals surface area (Å²) >= 11 is 0. The average molecular weight is 522 g/mol. The molecule has 0 aromatic heterocycles. The Kier molecular flexibility index (Phi) is 7.67. The van der Waals surface area contributed by atoms with Crippen LogP contribution in [0.25, 0.3) is 10.8 Å². The smallest absolute Gasteiger partial charge is 0.0979 e. The van der Waals surface area contributed by atoms with Gasteiger partial charge in [0.25, 0.3) is 0 Å². The minimum absolute atomic E-state index is 0.236. The molecule has 0 radical (unpaired) electrons. The Morgan fingerprint density at radius 1 is 0.622 bits per heavy atom. The van der Waals surface area contributed by atoms with Crippen LogP contribution < -0.4 is 20.6 Å². The fraction of sp³-hybridized carbons (Fsp3) is 0.152. The monoisotopic (exact) mass is 521 g/mol. The molecular formula is C33H32NOPS. The molecule has 37 heavy (non-hydrogen) atoms. The van der Waals surface area contributed by atoms with Crippen molar-refractivity contribution in [2.24, 2.45) is 0 Å². The zero-order valence-corrected chi connectivity index (χ0v) is 23.2. The highest BCUT2D eigenvalue weighted by molar-refractivity contribution is 7.84. The molecule has 0 spiro atoms. The van der Waals surface area contributed by atoms with Crippen molar-refractivity contribution in [3.8, 4) is 0 Å². The molecule has 0 aliphatic carbocycles. The quantitative estimate of drug-likeness (QED) is 0.236. The molecule has 186 valence electrons. The van der Waals surface area contributed by atoms with Crippen LogP contribution in [-0.4, -0.2) is 8.96 Å². The minimum atomic E-state index is -1.26. The van der Waals surface area contributed by atoms with E-state index in [1.807, 2.05) is 20.8 Å². The number of hydrogen-bond acceptors (Lipinski definition) is 1. The number of nitrogens with one attached hydrogen (secondary N) is 1. The van der Waals surface area contributed by atoms with Gasteiger partial charge in [-0.05, 0) is 66.5 Å². The van der Waals surface area contributed by atoms with Crippen LogP contribution in [0.5, 0.6) is 0 Å². The molecule has 2 nitrogen and oxygen atoms in total. The third kappa shape index (κ3) is 5.60. The van der Waals surface area contributed by atoms with Gasteiger partial charge >= 0.3 is 0 Å². The van der Waals surface area contributed by atoms with E-state index in [1.165, 1.54) is 26.7 Å². The van der Waals surface area contributed by atoms with E-state index >= 15 is 0 Å². The lowest BCUT2D eigenvalue weighted by Gasteiger charge is -2.30. The Morgan fingerprint density at radius 3 is 1.78 bits per heavy atom. The number of benzene rings is 5. The lowest BCUT2D eigenvalue weighted by molar-refractivity contribution is 0.624. The Morgan fingerprint density at radius 2 is 1.14 bits per heavy atom. The summed E-state index contributed by atoms with van der Waals surface area (Å²) in [6.45, 7) is 6.05. The lowest BCUT2D eigenvalue weighted by Crippen LogP contribution is -2.38. The van der Waals surface area contributed by atoms with Crippen molar-refractivity contribution in [1.29, 1.82) is 0 Å². The number of hydrogen-bond donors (Lipinski definition) is 1. The summed E-state index contributed by atoms with van der Waals surface area (Å²) in [6, 6.07) is 44.8. The first-order valence-electron chi connectivity index (χ1n) is 12.6. The predicted octanol–water partition coefficient (Wildman–Crippen LogP) is 6.74. The van der Waals surface area contributed by atoms with E-state index in [2.05, 4.69) is 132 Å². The lowest BCUT2D eigenvalue weighted by atomic mass is 9.94. The van der Waals surface area contributed by atoms with E-state index in [-0.39, 0.29) is 6.04 Å². The van der Waals surface area contributed by atoms with Crippen molar-refractivity contribution >= 4 is 45.6 Å². The summed E-state index contributed by atoms with van der Waals surface area (Å²) in [4.78, 5) is 0. The Hall–Kier alpha value is -3.10. The van der Waals surface area contributed by atoms with Crippen LogP contribution in [0.3, 0.4) is 0 Å². The molecule has 4 heteroatoms. The van der Waals surface area contributed by atoms with Crippen LogP contribution in [0.1, 0.15) is 37.9 Å². The first-order chi connectivity index (χ1) is 17.9. The molecule has 0 aliphatic heterocycles. The van der Waals surface area contributed by atoms with E-state index in [0.29, 0.717) is 0 Å². The van der Waals surface area contributed by atoms with Crippen LogP contribution in [-0.2, 0) is 11.0 Å². The molecule has 0 fully saturated rings. The highest BCUT2D eigenvalue weighted by Gasteiger charge is 2.29. The third-order valence-electron chi connectivity index (χ3n) is 6.43. The topological polar surface area (TPSA) is 29.1 Å². The molecule has 0 bridgehead atoms. The third-order valence-corrected chi connectivity index (χ3v) is 10.5. The molecule has 0 saturated heterocycles. The zero-order valence-electron chi connectivity index (χ0n) is 21.5. The Labute approximate surface area is 224 Å². The van der Waals surface area contributed by atoms with Crippen LogP contribution in [0.15, 0.2) is 127 Å². The van der Waals surface area contributed by atoms with Gasteiger partial charge in [0.2, 0.25) is 0 Å². The van der Waals surface area contributed by atoms with Gasteiger partial charge in [-0.3, -0.25) is 0 Å². The van der Waals surface area contributed by atoms with Crippen molar-refractivity contribution in [1.82, 2.24) is 4.72 Å². The van der Waals surface area contributed by atoms with Crippen molar-refractivity contribution in [2.45, 2.75) is 31.6 Å². The van der Waals surface area contributed by atoms with E-state index in [0.717, 1.165) is 11.1 Å². The molecule has 5 aromatic rings. The van der Waals surface area contributed by atoms with Crippen molar-refractivity contribution in [2.75, 3.05) is 0 Å². The van der Waals surface area contributed by atoms with Crippen molar-refractivity contribution in [3.63, 3.8) is 0 Å². The molecule has 2 atom stereocenters. The first-order valence-corrected chi connectivity index (χ1v) is 15.1. The summed E-state index contributed by atoms with van der Waals surface area (Å²) in [6.07, 6.45) is 0. The Bertz CT molecular complexity index is 1470. The molecule has 5 rings (SSSR count). The van der Waals surface area contributed by atoms with Gasteiger partial charge in [-0.1, -0.05) is 127 Å². The second-order valence-corrected chi connectivity index (χ2v) is 14.2. The molecular weight excluding hydrogens is 489 g/mol. The van der Waals surface area contributed by atoms with Crippen LogP contribution in [0, 0.1) is 0 Å². The molecule has 0 aliphatic rings. The molecule has 1 N–H and O–H groups in total. The summed E-state index contributed by atoms with van der Waals surface area (Å²) < 4.78 is 16.7. The van der Waals surface area contributed by atoms with Gasteiger partial charge in [-0.15, -0.1) is 0 Å². The minimum Gasteiger partial charge on any atom is -0.242 e. The van der Waals surface area contributed by atoms with Crippen LogP contribution >= 0.6 is 7.92 Å². The maximum absolute atomic E-state index is 13.6. The Balaban J connectivity index is 1.75.